The highest BCUT2D eigenvalue weighted by atomic mass is 32.1. The number of hydrogen-bond acceptors (Lipinski definition) is 6. The molecule has 4 rings (SSSR count). The van der Waals surface area contributed by atoms with Crippen molar-refractivity contribution >= 4 is 22.5 Å². The van der Waals surface area contributed by atoms with Crippen LogP contribution in [0.4, 0.5) is 23.1 Å². The summed E-state index contributed by atoms with van der Waals surface area (Å²) in [7, 11) is 0. The number of piperazine rings is 1. The lowest BCUT2D eigenvalue weighted by atomic mass is 10.0. The molecule has 1 saturated heterocycles. The van der Waals surface area contributed by atoms with E-state index in [-0.39, 0.29) is 18.2 Å². The van der Waals surface area contributed by atoms with Gasteiger partial charge in [-0.3, -0.25) is 10.3 Å². The third-order valence-corrected chi connectivity index (χ3v) is 6.33. The van der Waals surface area contributed by atoms with E-state index >= 15 is 0 Å². The average Bonchev–Trinajstić information content (AvgIpc) is 3.22. The highest BCUT2D eigenvalue weighted by molar-refractivity contribution is 7.19. The molecular weight excluding hydrogens is 465 g/mol. The lowest BCUT2D eigenvalue weighted by Gasteiger charge is -2.34. The molecule has 34 heavy (non-hydrogen) atoms. The fourth-order valence-electron chi connectivity index (χ4n) is 3.79. The van der Waals surface area contributed by atoms with Gasteiger partial charge in [-0.1, -0.05) is 23.5 Å². The zero-order chi connectivity index (χ0) is 24.5. The molecule has 0 spiro atoms. The van der Waals surface area contributed by atoms with Gasteiger partial charge in [-0.25, -0.2) is 9.78 Å². The number of nitrogens with one attached hydrogen (secondary N) is 2. The van der Waals surface area contributed by atoms with Gasteiger partial charge in [0.2, 0.25) is 0 Å². The van der Waals surface area contributed by atoms with Crippen LogP contribution in [0.5, 0.6) is 0 Å². The molecule has 1 aliphatic heterocycles. The van der Waals surface area contributed by atoms with E-state index in [2.05, 4.69) is 26.7 Å². The van der Waals surface area contributed by atoms with Crippen molar-refractivity contribution in [3.63, 3.8) is 0 Å². The summed E-state index contributed by atoms with van der Waals surface area (Å²) in [6.45, 7) is 3.46. The quantitative estimate of drug-likeness (QED) is 0.558. The fourth-order valence-corrected chi connectivity index (χ4v) is 4.76. The number of nitriles is 1. The molecule has 2 aromatic heterocycles. The molecule has 0 bridgehead atoms. The van der Waals surface area contributed by atoms with E-state index in [0.29, 0.717) is 16.8 Å². The summed E-state index contributed by atoms with van der Waals surface area (Å²) in [5.41, 5.74) is 4.19. The largest absolute Gasteiger partial charge is 0.405 e. The van der Waals surface area contributed by atoms with Crippen molar-refractivity contribution in [1.82, 2.24) is 20.2 Å². The molecule has 1 aromatic carbocycles. The molecule has 1 fully saturated rings. The lowest BCUT2D eigenvalue weighted by Crippen LogP contribution is -2.58. The number of thiazole rings is 1. The van der Waals surface area contributed by atoms with Crippen molar-refractivity contribution in [1.29, 1.82) is 5.26 Å². The normalized spacial score (nSPS) is 16.2. The van der Waals surface area contributed by atoms with E-state index < -0.39 is 24.8 Å². The van der Waals surface area contributed by atoms with Gasteiger partial charge in [0.05, 0.1) is 22.2 Å². The molecule has 0 radical (unpaired) electrons. The fraction of sp³-hybridized carbons (Fsp3) is 0.304. The summed E-state index contributed by atoms with van der Waals surface area (Å²) < 4.78 is 39.3. The Morgan fingerprint density at radius 2 is 1.94 bits per heavy atom. The number of pyridine rings is 1. The molecule has 1 aliphatic rings. The molecule has 2 amide bonds. The second kappa shape index (κ2) is 9.40. The van der Waals surface area contributed by atoms with Crippen LogP contribution in [0, 0.1) is 25.2 Å². The predicted octanol–water partition coefficient (Wildman–Crippen LogP) is 4.73. The summed E-state index contributed by atoms with van der Waals surface area (Å²) >= 11 is 1.22. The number of carbonyl (C=O) groups is 1. The van der Waals surface area contributed by atoms with E-state index in [1.165, 1.54) is 11.3 Å². The average molecular weight is 487 g/mol. The first kappa shape index (κ1) is 23.7. The van der Waals surface area contributed by atoms with Gasteiger partial charge >= 0.3 is 12.2 Å². The predicted molar refractivity (Wildman–Crippen MR) is 123 cm³/mol. The number of nitrogens with zero attached hydrogens (tertiary/aromatic N) is 4. The zero-order valence-electron chi connectivity index (χ0n) is 18.4. The Hall–Kier alpha value is -3.49. The smallest absolute Gasteiger partial charge is 0.321 e. The number of halogens is 3. The number of aryl methyl sites for hydroxylation is 2. The van der Waals surface area contributed by atoms with E-state index in [1.54, 1.807) is 18.2 Å². The van der Waals surface area contributed by atoms with Crippen LogP contribution in [0.2, 0.25) is 0 Å². The van der Waals surface area contributed by atoms with Gasteiger partial charge in [0.15, 0.2) is 5.13 Å². The molecule has 2 N–H and O–H groups in total. The van der Waals surface area contributed by atoms with Crippen LogP contribution >= 0.6 is 11.3 Å². The van der Waals surface area contributed by atoms with Crippen molar-refractivity contribution in [3.8, 4) is 27.8 Å². The van der Waals surface area contributed by atoms with Crippen molar-refractivity contribution in [2.24, 2.45) is 0 Å². The highest BCUT2D eigenvalue weighted by Gasteiger charge is 2.43. The van der Waals surface area contributed by atoms with E-state index in [9.17, 15) is 23.2 Å². The number of aromatic nitrogens is 2. The van der Waals surface area contributed by atoms with Crippen molar-refractivity contribution in [3.05, 3.63) is 53.3 Å². The van der Waals surface area contributed by atoms with Gasteiger partial charge < -0.3 is 10.2 Å². The van der Waals surface area contributed by atoms with E-state index in [0.717, 1.165) is 26.7 Å². The van der Waals surface area contributed by atoms with Crippen LogP contribution in [0.25, 0.3) is 21.7 Å². The van der Waals surface area contributed by atoms with E-state index in [1.807, 2.05) is 32.0 Å². The van der Waals surface area contributed by atoms with Gasteiger partial charge in [0, 0.05) is 36.6 Å². The lowest BCUT2D eigenvalue weighted by molar-refractivity contribution is -0.162. The van der Waals surface area contributed by atoms with Gasteiger partial charge in [0.1, 0.15) is 6.04 Å². The molecule has 0 aliphatic carbocycles. The maximum Gasteiger partial charge on any atom is 0.405 e. The number of rotatable bonds is 3. The minimum Gasteiger partial charge on any atom is -0.321 e. The minimum atomic E-state index is -4.44. The second-order valence-electron chi connectivity index (χ2n) is 7.95. The second-order valence-corrected chi connectivity index (χ2v) is 8.95. The molecule has 176 valence electrons. The topological polar surface area (TPSA) is 93.9 Å². The van der Waals surface area contributed by atoms with Crippen LogP contribution < -0.4 is 10.6 Å². The number of hydrogen-bond donors (Lipinski definition) is 2. The molecule has 1 atom stereocenters. The number of anilines is 1. The van der Waals surface area contributed by atoms with Crippen LogP contribution in [0.15, 0.2) is 36.4 Å². The molecular formula is C23H21F3N6OS. The SMILES string of the molecule is Cc1cc(-c2sc(NC(=O)N3CCNC(C(F)(F)F)C3)nc2-c2cccc(C#N)c2)cc(C)n1. The van der Waals surface area contributed by atoms with Crippen LogP contribution in [0.1, 0.15) is 17.0 Å². The molecule has 7 nitrogen and oxygen atoms in total. The van der Waals surface area contributed by atoms with Gasteiger partial charge in [0.25, 0.3) is 0 Å². The third-order valence-electron chi connectivity index (χ3n) is 5.31. The highest BCUT2D eigenvalue weighted by Crippen LogP contribution is 2.39. The van der Waals surface area contributed by atoms with Gasteiger partial charge in [-0.2, -0.15) is 18.4 Å². The van der Waals surface area contributed by atoms with Crippen molar-refractivity contribution < 1.29 is 18.0 Å². The minimum absolute atomic E-state index is 0.0441. The third kappa shape index (κ3) is 5.18. The Kier molecular flexibility index (Phi) is 6.54. The Bertz CT molecular complexity index is 1250. The van der Waals surface area contributed by atoms with Crippen LogP contribution in [-0.2, 0) is 0 Å². The van der Waals surface area contributed by atoms with Gasteiger partial charge in [-0.15, -0.1) is 0 Å². The zero-order valence-corrected chi connectivity index (χ0v) is 19.2. The summed E-state index contributed by atoms with van der Waals surface area (Å²) in [6.07, 6.45) is -4.44. The maximum absolute atomic E-state index is 13.1. The monoisotopic (exact) mass is 486 g/mol. The Labute approximate surface area is 198 Å². The molecule has 0 saturated carbocycles. The Morgan fingerprint density at radius 3 is 2.62 bits per heavy atom. The van der Waals surface area contributed by atoms with Crippen LogP contribution in [0.3, 0.4) is 0 Å². The molecule has 11 heteroatoms. The first-order valence-corrected chi connectivity index (χ1v) is 11.3. The summed E-state index contributed by atoms with van der Waals surface area (Å²) in [6, 6.07) is 10.4. The summed E-state index contributed by atoms with van der Waals surface area (Å²) in [5.74, 6) is 0. The first-order chi connectivity index (χ1) is 16.1. The Balaban J connectivity index is 1.68. The van der Waals surface area contributed by atoms with Crippen molar-refractivity contribution in [2.75, 3.05) is 25.0 Å². The van der Waals surface area contributed by atoms with Crippen molar-refractivity contribution in [2.45, 2.75) is 26.1 Å². The van der Waals surface area contributed by atoms with Gasteiger partial charge in [-0.05, 0) is 43.7 Å². The molecule has 3 heterocycles. The van der Waals surface area contributed by atoms with Crippen LogP contribution in [-0.4, -0.2) is 52.8 Å². The number of benzene rings is 1. The maximum atomic E-state index is 13.1. The summed E-state index contributed by atoms with van der Waals surface area (Å²) in [4.78, 5) is 23.7. The molecule has 3 aromatic rings. The number of carbonyl (C=O) groups excluding carboxylic acids is 1. The first-order valence-electron chi connectivity index (χ1n) is 10.5. The molecule has 1 unspecified atom stereocenters. The Morgan fingerprint density at radius 1 is 1.21 bits per heavy atom. The number of urea groups is 1. The number of amides is 2. The summed E-state index contributed by atoms with van der Waals surface area (Å²) in [5, 5.41) is 14.6. The number of alkyl halides is 3. The van der Waals surface area contributed by atoms with E-state index in [4.69, 9.17) is 0 Å². The standard InChI is InChI=1S/C23H21F3N6OS/c1-13-8-17(9-14(2)29-13)20-19(16-5-3-4-15(10-16)11-27)30-21(34-20)31-22(33)32-7-6-28-18(12-32)23(24,25)26/h3-5,8-10,18,28H,6-7,12H2,1-2H3,(H,30,31,33).